The van der Waals surface area contributed by atoms with E-state index >= 15 is 0 Å². The molecule has 1 fully saturated rings. The number of hydrogen-bond donors (Lipinski definition) is 2. The van der Waals surface area contributed by atoms with Crippen LogP contribution in [0, 0.1) is 0 Å². The van der Waals surface area contributed by atoms with Gasteiger partial charge in [-0.25, -0.2) is 13.4 Å². The zero-order valence-electron chi connectivity index (χ0n) is 10.8. The summed E-state index contributed by atoms with van der Waals surface area (Å²) in [7, 11) is -3.68. The van der Waals surface area contributed by atoms with E-state index in [1.165, 1.54) is 16.6 Å². The molecule has 1 aliphatic rings. The second kappa shape index (κ2) is 5.54. The van der Waals surface area contributed by atoms with Crippen LogP contribution in [0.4, 0.5) is 0 Å². The Morgan fingerprint density at radius 2 is 2.16 bits per heavy atom. The number of nitrogens with two attached hydrogens (primary N) is 1. The highest BCUT2D eigenvalue weighted by Gasteiger charge is 2.35. The van der Waals surface area contributed by atoms with Crippen molar-refractivity contribution < 1.29 is 13.5 Å². The molecule has 1 saturated heterocycles. The SMILES string of the molecule is C[C@@H]1CC[C@H](N)C(O)CN1S(=O)(=O)c1ccccn1. The quantitative estimate of drug-likeness (QED) is 0.793. The van der Waals surface area contributed by atoms with Gasteiger partial charge < -0.3 is 10.8 Å². The number of sulfonamides is 1. The average Bonchev–Trinajstić information content (AvgIpc) is 2.53. The molecular weight excluding hydrogens is 266 g/mol. The highest BCUT2D eigenvalue weighted by atomic mass is 32.2. The third-order valence-electron chi connectivity index (χ3n) is 3.48. The van der Waals surface area contributed by atoms with Crippen molar-refractivity contribution >= 4 is 10.0 Å². The van der Waals surface area contributed by atoms with Gasteiger partial charge in [0.1, 0.15) is 0 Å². The summed E-state index contributed by atoms with van der Waals surface area (Å²) in [6.07, 6.45) is 1.83. The lowest BCUT2D eigenvalue weighted by atomic mass is 10.1. The third kappa shape index (κ3) is 2.94. The molecule has 0 saturated carbocycles. The fourth-order valence-electron chi connectivity index (χ4n) is 2.22. The average molecular weight is 285 g/mol. The molecule has 3 N–H and O–H groups in total. The second-order valence-electron chi connectivity index (χ2n) is 4.90. The van der Waals surface area contributed by atoms with Gasteiger partial charge in [0.05, 0.1) is 6.10 Å². The Balaban J connectivity index is 2.33. The van der Waals surface area contributed by atoms with E-state index in [0.29, 0.717) is 12.8 Å². The first-order valence-corrected chi connectivity index (χ1v) is 7.73. The summed E-state index contributed by atoms with van der Waals surface area (Å²) in [5, 5.41) is 9.91. The Morgan fingerprint density at radius 1 is 1.42 bits per heavy atom. The van der Waals surface area contributed by atoms with Crippen LogP contribution in [0.1, 0.15) is 19.8 Å². The predicted octanol–water partition coefficient (Wildman–Crippen LogP) is -0.0572. The molecule has 2 heterocycles. The molecular formula is C12H19N3O3S. The summed E-state index contributed by atoms with van der Waals surface area (Å²) in [4.78, 5) is 3.89. The zero-order chi connectivity index (χ0) is 14.0. The number of pyridine rings is 1. The Kier molecular flexibility index (Phi) is 4.19. The van der Waals surface area contributed by atoms with E-state index in [0.717, 1.165) is 0 Å². The Bertz CT molecular complexity index is 520. The van der Waals surface area contributed by atoms with Gasteiger partial charge >= 0.3 is 0 Å². The molecule has 2 rings (SSSR count). The summed E-state index contributed by atoms with van der Waals surface area (Å²) < 4.78 is 26.3. The minimum Gasteiger partial charge on any atom is -0.390 e. The smallest absolute Gasteiger partial charge is 0.260 e. The summed E-state index contributed by atoms with van der Waals surface area (Å²) in [5.74, 6) is 0. The van der Waals surface area contributed by atoms with Crippen LogP contribution in [0.15, 0.2) is 29.4 Å². The lowest BCUT2D eigenvalue weighted by Gasteiger charge is -2.27. The van der Waals surface area contributed by atoms with Crippen LogP contribution in [-0.2, 0) is 10.0 Å². The number of hydrogen-bond acceptors (Lipinski definition) is 5. The van der Waals surface area contributed by atoms with Gasteiger partial charge in [0.2, 0.25) is 0 Å². The lowest BCUT2D eigenvalue weighted by molar-refractivity contribution is 0.126. The van der Waals surface area contributed by atoms with Crippen molar-refractivity contribution in [1.82, 2.24) is 9.29 Å². The van der Waals surface area contributed by atoms with Gasteiger partial charge in [-0.1, -0.05) is 6.07 Å². The van der Waals surface area contributed by atoms with Crippen molar-refractivity contribution in [2.24, 2.45) is 5.73 Å². The summed E-state index contributed by atoms with van der Waals surface area (Å²) in [6, 6.07) is 4.17. The van der Waals surface area contributed by atoms with Crippen molar-refractivity contribution in [1.29, 1.82) is 0 Å². The first-order valence-electron chi connectivity index (χ1n) is 6.29. The summed E-state index contributed by atoms with van der Waals surface area (Å²) in [5.41, 5.74) is 5.80. The first-order chi connectivity index (χ1) is 8.93. The largest absolute Gasteiger partial charge is 0.390 e. The normalized spacial score (nSPS) is 29.9. The van der Waals surface area contributed by atoms with E-state index in [1.807, 2.05) is 6.92 Å². The molecule has 3 atom stereocenters. The van der Waals surface area contributed by atoms with Crippen LogP contribution in [0.5, 0.6) is 0 Å². The molecule has 1 aromatic rings. The van der Waals surface area contributed by atoms with Crippen LogP contribution < -0.4 is 5.73 Å². The maximum Gasteiger partial charge on any atom is 0.260 e. The second-order valence-corrected chi connectivity index (χ2v) is 6.74. The minimum absolute atomic E-state index is 0.00419. The maximum atomic E-state index is 12.5. The standard InChI is InChI=1S/C12H19N3O3S/c1-9-5-6-10(13)11(16)8-15(9)19(17,18)12-4-2-3-7-14-12/h2-4,7,9-11,16H,5-6,8,13H2,1H3/t9-,10+,11?/m1/s1. The van der Waals surface area contributed by atoms with E-state index in [-0.39, 0.29) is 23.7 Å². The highest BCUT2D eigenvalue weighted by Crippen LogP contribution is 2.23. The number of aromatic nitrogens is 1. The lowest BCUT2D eigenvalue weighted by Crippen LogP contribution is -2.45. The number of β-amino-alcohol motifs (C(OH)–C–C–N with tert-alkyl or cyclic N) is 1. The van der Waals surface area contributed by atoms with Crippen LogP contribution in [-0.4, -0.2) is 47.5 Å². The molecule has 19 heavy (non-hydrogen) atoms. The van der Waals surface area contributed by atoms with Crippen LogP contribution >= 0.6 is 0 Å². The molecule has 7 heteroatoms. The van der Waals surface area contributed by atoms with E-state index < -0.39 is 16.1 Å². The van der Waals surface area contributed by atoms with Crippen molar-refractivity contribution in [3.05, 3.63) is 24.4 Å². The van der Waals surface area contributed by atoms with E-state index in [9.17, 15) is 13.5 Å². The topological polar surface area (TPSA) is 96.5 Å². The van der Waals surface area contributed by atoms with Gasteiger partial charge in [-0.3, -0.25) is 0 Å². The van der Waals surface area contributed by atoms with Crippen LogP contribution in [0.25, 0.3) is 0 Å². The first kappa shape index (κ1) is 14.4. The molecule has 0 bridgehead atoms. The van der Waals surface area contributed by atoms with Crippen LogP contribution in [0.2, 0.25) is 0 Å². The van der Waals surface area contributed by atoms with Crippen molar-refractivity contribution in [2.75, 3.05) is 6.54 Å². The maximum absolute atomic E-state index is 12.5. The number of aliphatic hydroxyl groups excluding tert-OH is 1. The van der Waals surface area contributed by atoms with Gasteiger partial charge in [-0.05, 0) is 31.9 Å². The van der Waals surface area contributed by atoms with Crippen molar-refractivity contribution in [3.63, 3.8) is 0 Å². The van der Waals surface area contributed by atoms with E-state index in [1.54, 1.807) is 12.1 Å². The molecule has 0 aromatic carbocycles. The van der Waals surface area contributed by atoms with Crippen molar-refractivity contribution in [3.8, 4) is 0 Å². The molecule has 0 radical (unpaired) electrons. The Labute approximate surface area is 113 Å². The van der Waals surface area contributed by atoms with Crippen molar-refractivity contribution in [2.45, 2.75) is 43.0 Å². The summed E-state index contributed by atoms with van der Waals surface area (Å²) in [6.45, 7) is 1.84. The monoisotopic (exact) mass is 285 g/mol. The molecule has 106 valence electrons. The molecule has 1 aliphatic heterocycles. The molecule has 6 nitrogen and oxygen atoms in total. The highest BCUT2D eigenvalue weighted by molar-refractivity contribution is 7.89. The molecule has 1 aromatic heterocycles. The molecule has 0 spiro atoms. The number of aliphatic hydroxyl groups is 1. The summed E-state index contributed by atoms with van der Waals surface area (Å²) >= 11 is 0. The fraction of sp³-hybridized carbons (Fsp3) is 0.583. The van der Waals surface area contributed by atoms with Gasteiger partial charge in [-0.2, -0.15) is 4.31 Å². The Hall–Kier alpha value is -1.02. The van der Waals surface area contributed by atoms with Gasteiger partial charge in [0.25, 0.3) is 10.0 Å². The number of rotatable bonds is 2. The fourth-order valence-corrected chi connectivity index (χ4v) is 3.84. The molecule has 0 amide bonds. The number of nitrogens with zero attached hydrogens (tertiary/aromatic N) is 2. The third-order valence-corrected chi connectivity index (χ3v) is 5.38. The van der Waals surface area contributed by atoms with E-state index in [4.69, 9.17) is 5.73 Å². The van der Waals surface area contributed by atoms with Gasteiger partial charge in [0.15, 0.2) is 5.03 Å². The van der Waals surface area contributed by atoms with E-state index in [2.05, 4.69) is 4.98 Å². The molecule has 1 unspecified atom stereocenters. The minimum atomic E-state index is -3.68. The van der Waals surface area contributed by atoms with Gasteiger partial charge in [-0.15, -0.1) is 0 Å². The molecule has 0 aliphatic carbocycles. The van der Waals surface area contributed by atoms with Gasteiger partial charge in [0, 0.05) is 24.8 Å². The van der Waals surface area contributed by atoms with Crippen LogP contribution in [0.3, 0.4) is 0 Å². The zero-order valence-corrected chi connectivity index (χ0v) is 11.6. The predicted molar refractivity (Wildman–Crippen MR) is 70.8 cm³/mol. The Morgan fingerprint density at radius 3 is 2.79 bits per heavy atom.